The van der Waals surface area contributed by atoms with Crippen LogP contribution in [0.15, 0.2) is 92.0 Å². The summed E-state index contributed by atoms with van der Waals surface area (Å²) in [5, 5.41) is 12.5. The summed E-state index contributed by atoms with van der Waals surface area (Å²) in [6.07, 6.45) is 9.64. The number of nitrogens with one attached hydrogen (secondary N) is 2. The number of benzene rings is 2. The number of hydrogen-bond acceptors (Lipinski definition) is 6. The van der Waals surface area contributed by atoms with Crippen molar-refractivity contribution in [2.75, 3.05) is 25.5 Å². The largest absolute Gasteiger partial charge is 0.351 e. The molecule has 1 unspecified atom stereocenters. The first kappa shape index (κ1) is 29.5. The van der Waals surface area contributed by atoms with Gasteiger partial charge < -0.3 is 10.2 Å². The minimum absolute atomic E-state index is 0.433. The van der Waals surface area contributed by atoms with Crippen LogP contribution in [0.5, 0.6) is 0 Å². The third-order valence-corrected chi connectivity index (χ3v) is 5.94. The average Bonchev–Trinajstić information content (AvgIpc) is 3.13. The lowest BCUT2D eigenvalue weighted by molar-refractivity contribution is 0.224. The van der Waals surface area contributed by atoms with Gasteiger partial charge in [-0.3, -0.25) is 10.7 Å². The molecule has 3 N–H and O–H groups in total. The fourth-order valence-electron chi connectivity index (χ4n) is 3.92. The van der Waals surface area contributed by atoms with E-state index in [9.17, 15) is 0 Å². The number of anilines is 1. The quantitative estimate of drug-likeness (QED) is 0.258. The number of allylic oxidation sites excluding steroid dienone is 1. The number of rotatable bonds is 6. The molecule has 6 heteroatoms. The van der Waals surface area contributed by atoms with Gasteiger partial charge in [-0.15, -0.1) is 5.73 Å². The molecule has 1 aromatic heterocycles. The normalized spacial score (nSPS) is 15.6. The van der Waals surface area contributed by atoms with Gasteiger partial charge in [0, 0.05) is 24.0 Å². The number of nitrogens with zero attached hydrogens (tertiary/aromatic N) is 3. The van der Waals surface area contributed by atoms with Gasteiger partial charge in [0.05, 0.1) is 5.70 Å². The zero-order chi connectivity index (χ0) is 26.9. The highest BCUT2D eigenvalue weighted by Crippen LogP contribution is 2.19. The average molecular weight is 500 g/mol. The molecule has 1 atom stereocenters. The van der Waals surface area contributed by atoms with Crippen LogP contribution in [0.1, 0.15) is 43.7 Å². The second kappa shape index (κ2) is 16.9. The highest BCUT2D eigenvalue weighted by molar-refractivity contribution is 5.63. The lowest BCUT2D eigenvalue weighted by Crippen LogP contribution is -2.23. The van der Waals surface area contributed by atoms with Crippen molar-refractivity contribution < 1.29 is 5.21 Å². The molecule has 196 valence electrons. The van der Waals surface area contributed by atoms with E-state index in [2.05, 4.69) is 107 Å². The summed E-state index contributed by atoms with van der Waals surface area (Å²) in [5.74, 6) is 0.655. The molecule has 2 heterocycles. The van der Waals surface area contributed by atoms with Crippen LogP contribution in [0.4, 0.5) is 5.95 Å². The molecule has 3 aromatic rings. The molecular weight excluding hydrogens is 458 g/mol. The van der Waals surface area contributed by atoms with Crippen molar-refractivity contribution >= 4 is 11.6 Å². The number of likely N-dealkylation sites (tertiary alicyclic amines) is 1. The maximum absolute atomic E-state index is 9.10. The van der Waals surface area contributed by atoms with Gasteiger partial charge in [0.25, 0.3) is 0 Å². The molecule has 0 aliphatic carbocycles. The highest BCUT2D eigenvalue weighted by Gasteiger charge is 2.15. The molecule has 0 bridgehead atoms. The molecule has 6 nitrogen and oxygen atoms in total. The van der Waals surface area contributed by atoms with E-state index in [1.807, 2.05) is 19.1 Å². The number of aryl methyl sites for hydroxylation is 1. The standard InChI is InChI=1S/C15H25N5O.C13H12.C3H4/c1-3-5-14(19-21)12-10-16-15(17-11-12)18-13-6-4-8-20(2)9-7-13;1-11-7-9-13(10-8-11)12-5-3-2-4-6-12;1-3-2/h5,10-11,13,19,21H,3-4,6-9H2,1-2H3,(H,16,17,18);2-10H,1H3;1-2H2. The Kier molecular flexibility index (Phi) is 13.5. The van der Waals surface area contributed by atoms with Crippen molar-refractivity contribution in [2.24, 2.45) is 0 Å². The monoisotopic (exact) mass is 499 g/mol. The summed E-state index contributed by atoms with van der Waals surface area (Å²) < 4.78 is 0. The third-order valence-electron chi connectivity index (χ3n) is 5.94. The topological polar surface area (TPSA) is 73.3 Å². The van der Waals surface area contributed by atoms with E-state index < -0.39 is 0 Å². The molecule has 2 aromatic carbocycles. The van der Waals surface area contributed by atoms with Crippen molar-refractivity contribution in [3.05, 3.63) is 103 Å². The molecule has 0 radical (unpaired) electrons. The first-order valence-electron chi connectivity index (χ1n) is 12.8. The van der Waals surface area contributed by atoms with Crippen LogP contribution >= 0.6 is 0 Å². The van der Waals surface area contributed by atoms with Gasteiger partial charge in [-0.2, -0.15) is 0 Å². The zero-order valence-electron chi connectivity index (χ0n) is 22.5. The molecule has 1 aliphatic heterocycles. The van der Waals surface area contributed by atoms with Crippen molar-refractivity contribution in [3.63, 3.8) is 0 Å². The molecule has 1 fully saturated rings. The Hall–Kier alpha value is -3.70. The fraction of sp³-hybridized carbons (Fsp3) is 0.323. The van der Waals surface area contributed by atoms with Gasteiger partial charge in [-0.1, -0.05) is 86.3 Å². The summed E-state index contributed by atoms with van der Waals surface area (Å²) in [6.45, 7) is 12.6. The smallest absolute Gasteiger partial charge is 0.222 e. The predicted molar refractivity (Wildman–Crippen MR) is 155 cm³/mol. The fourth-order valence-corrected chi connectivity index (χ4v) is 3.92. The maximum Gasteiger partial charge on any atom is 0.222 e. The van der Waals surface area contributed by atoms with E-state index in [0.717, 1.165) is 37.9 Å². The van der Waals surface area contributed by atoms with E-state index in [0.29, 0.717) is 17.7 Å². The van der Waals surface area contributed by atoms with Gasteiger partial charge >= 0.3 is 0 Å². The Labute approximate surface area is 222 Å². The van der Waals surface area contributed by atoms with Gasteiger partial charge in [-0.05, 0) is 63.9 Å². The van der Waals surface area contributed by atoms with Crippen molar-refractivity contribution in [1.82, 2.24) is 20.3 Å². The van der Waals surface area contributed by atoms with Crippen LogP contribution in [-0.4, -0.2) is 46.3 Å². The minimum Gasteiger partial charge on any atom is -0.351 e. The van der Waals surface area contributed by atoms with Crippen LogP contribution in [-0.2, 0) is 0 Å². The van der Waals surface area contributed by atoms with Crippen molar-refractivity contribution in [2.45, 2.75) is 45.6 Å². The van der Waals surface area contributed by atoms with Crippen LogP contribution in [0.25, 0.3) is 16.8 Å². The molecule has 0 amide bonds. The predicted octanol–water partition coefficient (Wildman–Crippen LogP) is 6.72. The van der Waals surface area contributed by atoms with E-state index in [-0.39, 0.29) is 0 Å². The van der Waals surface area contributed by atoms with Gasteiger partial charge in [0.1, 0.15) is 0 Å². The molecule has 0 saturated carbocycles. The Morgan fingerprint density at radius 3 is 2.24 bits per heavy atom. The maximum atomic E-state index is 9.10. The van der Waals surface area contributed by atoms with Gasteiger partial charge in [-0.25, -0.2) is 9.97 Å². The second-order valence-corrected chi connectivity index (χ2v) is 8.99. The van der Waals surface area contributed by atoms with E-state index in [1.165, 1.54) is 23.1 Å². The van der Waals surface area contributed by atoms with Crippen LogP contribution in [0.3, 0.4) is 0 Å². The van der Waals surface area contributed by atoms with E-state index >= 15 is 0 Å². The molecule has 1 saturated heterocycles. The van der Waals surface area contributed by atoms with Crippen molar-refractivity contribution in [1.29, 1.82) is 0 Å². The first-order chi connectivity index (χ1) is 18.0. The SMILES string of the molecule is C=C=C.CCC=C(NO)c1cnc(NC2CCCN(C)CC2)nc1.Cc1ccc(-c2ccccc2)cc1. The third kappa shape index (κ3) is 10.8. The summed E-state index contributed by atoms with van der Waals surface area (Å²) in [6, 6.07) is 19.5. The van der Waals surface area contributed by atoms with E-state index in [1.54, 1.807) is 12.4 Å². The Morgan fingerprint density at radius 2 is 1.65 bits per heavy atom. The summed E-state index contributed by atoms with van der Waals surface area (Å²) in [5.41, 5.74) is 9.73. The van der Waals surface area contributed by atoms with Crippen molar-refractivity contribution in [3.8, 4) is 11.1 Å². The molecule has 0 spiro atoms. The molecule has 1 aliphatic rings. The highest BCUT2D eigenvalue weighted by atomic mass is 16.5. The van der Waals surface area contributed by atoms with Gasteiger partial charge in [0.2, 0.25) is 5.95 Å². The van der Waals surface area contributed by atoms with Crippen LogP contribution in [0.2, 0.25) is 0 Å². The molecular formula is C31H41N5O. The lowest BCUT2D eigenvalue weighted by atomic mass is 10.0. The number of hydroxylamine groups is 1. The lowest BCUT2D eigenvalue weighted by Gasteiger charge is -2.16. The number of aromatic nitrogens is 2. The Morgan fingerprint density at radius 1 is 1.03 bits per heavy atom. The summed E-state index contributed by atoms with van der Waals surface area (Å²) in [4.78, 5) is 11.1. The summed E-state index contributed by atoms with van der Waals surface area (Å²) in [7, 11) is 2.16. The Bertz CT molecular complexity index is 1090. The Balaban J connectivity index is 0.000000256. The van der Waals surface area contributed by atoms with E-state index in [4.69, 9.17) is 5.21 Å². The minimum atomic E-state index is 0.433. The van der Waals surface area contributed by atoms with Crippen LogP contribution in [0, 0.1) is 6.92 Å². The first-order valence-corrected chi connectivity index (χ1v) is 12.8. The molecule has 4 rings (SSSR count). The molecule has 37 heavy (non-hydrogen) atoms. The van der Waals surface area contributed by atoms with Gasteiger partial charge in [0.15, 0.2) is 0 Å². The number of hydrogen-bond donors (Lipinski definition) is 3. The second-order valence-electron chi connectivity index (χ2n) is 8.99. The van der Waals surface area contributed by atoms with Crippen LogP contribution < -0.4 is 10.8 Å². The zero-order valence-corrected chi connectivity index (χ0v) is 22.5. The summed E-state index contributed by atoms with van der Waals surface area (Å²) >= 11 is 0.